The summed E-state index contributed by atoms with van der Waals surface area (Å²) in [7, 11) is 0. The van der Waals surface area contributed by atoms with Crippen LogP contribution < -0.4 is 15.5 Å². The second-order valence-electron chi connectivity index (χ2n) is 6.29. The number of carbonyl (C=O) groups excluding carboxylic acids is 2. The lowest BCUT2D eigenvalue weighted by atomic mass is 10.2. The van der Waals surface area contributed by atoms with Crippen LogP contribution in [-0.2, 0) is 4.79 Å². The Balaban J connectivity index is 1.83. The van der Waals surface area contributed by atoms with Crippen molar-refractivity contribution < 1.29 is 14.0 Å². The summed E-state index contributed by atoms with van der Waals surface area (Å²) in [6.45, 7) is 8.38. The molecule has 1 atom stereocenters. The van der Waals surface area contributed by atoms with Gasteiger partial charge in [0, 0.05) is 37.9 Å². The minimum Gasteiger partial charge on any atom is -0.369 e. The van der Waals surface area contributed by atoms with Gasteiger partial charge in [-0.2, -0.15) is 0 Å². The molecule has 0 radical (unpaired) electrons. The highest BCUT2D eigenvalue weighted by molar-refractivity contribution is 5.96. The molecule has 0 bridgehead atoms. The summed E-state index contributed by atoms with van der Waals surface area (Å²) in [4.78, 5) is 28.0. The number of rotatable bonds is 4. The fourth-order valence-corrected chi connectivity index (χ4v) is 2.70. The van der Waals surface area contributed by atoms with E-state index in [4.69, 9.17) is 0 Å². The van der Waals surface area contributed by atoms with E-state index in [1.807, 2.05) is 18.7 Å². The standard InChI is InChI=1S/C17H25FN4O2/c1-12(2)19-17(24)20-16(23)13(3)21-8-10-22(11-9-21)15-6-4-14(18)5-7-15/h4-7,12-13H,8-11H2,1-3H3,(H2,19,20,23,24)/t13-/m0/s1. The summed E-state index contributed by atoms with van der Waals surface area (Å²) >= 11 is 0. The Hall–Kier alpha value is -2.15. The number of benzene rings is 1. The molecule has 132 valence electrons. The first-order valence-corrected chi connectivity index (χ1v) is 8.22. The number of amides is 3. The molecule has 1 aliphatic rings. The normalized spacial score (nSPS) is 16.8. The van der Waals surface area contributed by atoms with Crippen LogP contribution in [0, 0.1) is 5.82 Å². The zero-order valence-electron chi connectivity index (χ0n) is 14.4. The molecule has 6 nitrogen and oxygen atoms in total. The highest BCUT2D eigenvalue weighted by Gasteiger charge is 2.26. The van der Waals surface area contributed by atoms with Crippen molar-refractivity contribution in [3.8, 4) is 0 Å². The van der Waals surface area contributed by atoms with Gasteiger partial charge in [-0.1, -0.05) is 0 Å². The number of urea groups is 1. The third-order valence-electron chi connectivity index (χ3n) is 4.09. The molecule has 0 aliphatic carbocycles. The fraction of sp³-hybridized carbons (Fsp3) is 0.529. The molecule has 2 rings (SSSR count). The smallest absolute Gasteiger partial charge is 0.321 e. The summed E-state index contributed by atoms with van der Waals surface area (Å²) in [6.07, 6.45) is 0. The van der Waals surface area contributed by atoms with Gasteiger partial charge in [-0.25, -0.2) is 9.18 Å². The number of piperazine rings is 1. The predicted octanol–water partition coefficient (Wildman–Crippen LogP) is 1.57. The summed E-state index contributed by atoms with van der Waals surface area (Å²) in [6, 6.07) is 5.56. The largest absolute Gasteiger partial charge is 0.369 e. The molecule has 1 aliphatic heterocycles. The molecule has 1 fully saturated rings. The second-order valence-corrected chi connectivity index (χ2v) is 6.29. The molecule has 1 aromatic carbocycles. The van der Waals surface area contributed by atoms with Crippen LogP contribution in [0.15, 0.2) is 24.3 Å². The minimum atomic E-state index is -0.466. The highest BCUT2D eigenvalue weighted by Crippen LogP contribution is 2.17. The summed E-state index contributed by atoms with van der Waals surface area (Å²) < 4.78 is 13.0. The fourth-order valence-electron chi connectivity index (χ4n) is 2.70. The number of hydrogen-bond donors (Lipinski definition) is 2. The molecule has 0 saturated carbocycles. The van der Waals surface area contributed by atoms with Gasteiger partial charge in [0.05, 0.1) is 6.04 Å². The molecule has 24 heavy (non-hydrogen) atoms. The van der Waals surface area contributed by atoms with Crippen LogP contribution in [0.3, 0.4) is 0 Å². The first kappa shape index (κ1) is 18.2. The van der Waals surface area contributed by atoms with Gasteiger partial charge in [-0.15, -0.1) is 0 Å². The van der Waals surface area contributed by atoms with Gasteiger partial charge in [0.1, 0.15) is 5.82 Å². The van der Waals surface area contributed by atoms with Crippen molar-refractivity contribution >= 4 is 17.6 Å². The average Bonchev–Trinajstić information content (AvgIpc) is 2.54. The Morgan fingerprint density at radius 2 is 1.62 bits per heavy atom. The Bertz CT molecular complexity index is 568. The van der Waals surface area contributed by atoms with Crippen LogP contribution in [0.4, 0.5) is 14.9 Å². The molecule has 0 spiro atoms. The SMILES string of the molecule is CC(C)NC(=O)NC(=O)[C@H](C)N1CCN(c2ccc(F)cc2)CC1. The number of carbonyl (C=O) groups is 2. The highest BCUT2D eigenvalue weighted by atomic mass is 19.1. The van der Waals surface area contributed by atoms with Crippen LogP contribution in [0.2, 0.25) is 0 Å². The van der Waals surface area contributed by atoms with Crippen molar-refractivity contribution in [1.29, 1.82) is 0 Å². The number of imide groups is 1. The van der Waals surface area contributed by atoms with Crippen LogP contribution in [0.5, 0.6) is 0 Å². The third-order valence-corrected chi connectivity index (χ3v) is 4.09. The van der Waals surface area contributed by atoms with E-state index in [0.29, 0.717) is 13.1 Å². The lowest BCUT2D eigenvalue weighted by molar-refractivity contribution is -0.124. The van der Waals surface area contributed by atoms with Crippen LogP contribution >= 0.6 is 0 Å². The topological polar surface area (TPSA) is 64.7 Å². The van der Waals surface area contributed by atoms with Crippen molar-refractivity contribution in [1.82, 2.24) is 15.5 Å². The molecule has 3 amide bonds. The van der Waals surface area contributed by atoms with E-state index < -0.39 is 6.03 Å². The molecule has 1 heterocycles. The van der Waals surface area contributed by atoms with E-state index in [-0.39, 0.29) is 23.8 Å². The van der Waals surface area contributed by atoms with Gasteiger partial charge in [-0.05, 0) is 45.0 Å². The summed E-state index contributed by atoms with van der Waals surface area (Å²) in [5.41, 5.74) is 0.976. The molecular weight excluding hydrogens is 311 g/mol. The number of halogens is 1. The Kier molecular flexibility index (Phi) is 6.14. The van der Waals surface area contributed by atoms with Crippen molar-refractivity contribution in [3.05, 3.63) is 30.1 Å². The van der Waals surface area contributed by atoms with Crippen molar-refractivity contribution in [2.45, 2.75) is 32.9 Å². The van der Waals surface area contributed by atoms with Crippen molar-refractivity contribution in [2.24, 2.45) is 0 Å². The number of nitrogens with zero attached hydrogens (tertiary/aromatic N) is 2. The first-order valence-electron chi connectivity index (χ1n) is 8.22. The van der Waals surface area contributed by atoms with E-state index in [9.17, 15) is 14.0 Å². The van der Waals surface area contributed by atoms with E-state index in [1.165, 1.54) is 12.1 Å². The molecule has 0 aromatic heterocycles. The van der Waals surface area contributed by atoms with Gasteiger partial charge in [0.25, 0.3) is 0 Å². The van der Waals surface area contributed by atoms with Crippen LogP contribution in [-0.4, -0.2) is 55.1 Å². The molecule has 1 aromatic rings. The maximum Gasteiger partial charge on any atom is 0.321 e. The van der Waals surface area contributed by atoms with Crippen molar-refractivity contribution in [3.63, 3.8) is 0 Å². The Morgan fingerprint density at radius 1 is 1.04 bits per heavy atom. The van der Waals surface area contributed by atoms with Gasteiger partial charge in [0.15, 0.2) is 0 Å². The number of nitrogens with one attached hydrogen (secondary N) is 2. The maximum absolute atomic E-state index is 13.0. The minimum absolute atomic E-state index is 0.0210. The van der Waals surface area contributed by atoms with Gasteiger partial charge < -0.3 is 10.2 Å². The lowest BCUT2D eigenvalue weighted by Gasteiger charge is -2.38. The molecule has 2 N–H and O–H groups in total. The van der Waals surface area contributed by atoms with Crippen LogP contribution in [0.25, 0.3) is 0 Å². The second kappa shape index (κ2) is 8.10. The van der Waals surface area contributed by atoms with Gasteiger partial charge >= 0.3 is 6.03 Å². The van der Waals surface area contributed by atoms with E-state index >= 15 is 0 Å². The molecular formula is C17H25FN4O2. The summed E-state index contributed by atoms with van der Waals surface area (Å²) in [5, 5.41) is 5.01. The lowest BCUT2D eigenvalue weighted by Crippen LogP contribution is -2.55. The van der Waals surface area contributed by atoms with Gasteiger partial charge in [0.2, 0.25) is 5.91 Å². The van der Waals surface area contributed by atoms with Crippen LogP contribution in [0.1, 0.15) is 20.8 Å². The Morgan fingerprint density at radius 3 is 2.17 bits per heavy atom. The molecule has 0 unspecified atom stereocenters. The van der Waals surface area contributed by atoms with Gasteiger partial charge in [-0.3, -0.25) is 15.0 Å². The summed E-state index contributed by atoms with van der Waals surface area (Å²) in [5.74, 6) is -0.550. The van der Waals surface area contributed by atoms with E-state index in [0.717, 1.165) is 18.8 Å². The first-order chi connectivity index (χ1) is 11.4. The monoisotopic (exact) mass is 336 g/mol. The quantitative estimate of drug-likeness (QED) is 0.876. The molecule has 1 saturated heterocycles. The predicted molar refractivity (Wildman–Crippen MR) is 91.5 cm³/mol. The number of anilines is 1. The third kappa shape index (κ3) is 4.92. The zero-order chi connectivity index (χ0) is 17.7. The maximum atomic E-state index is 13.0. The van der Waals surface area contributed by atoms with E-state index in [1.54, 1.807) is 19.1 Å². The Labute approximate surface area is 142 Å². The zero-order valence-corrected chi connectivity index (χ0v) is 14.4. The van der Waals surface area contributed by atoms with Crippen molar-refractivity contribution in [2.75, 3.05) is 31.1 Å². The molecule has 7 heteroatoms. The average molecular weight is 336 g/mol. The number of hydrogen-bond acceptors (Lipinski definition) is 4. The van der Waals surface area contributed by atoms with E-state index in [2.05, 4.69) is 15.5 Å².